The Labute approximate surface area is 204 Å². The lowest BCUT2D eigenvalue weighted by molar-refractivity contribution is -0.144. The Balaban J connectivity index is 1.28. The van der Waals surface area contributed by atoms with Gasteiger partial charge < -0.3 is 15.7 Å². The van der Waals surface area contributed by atoms with E-state index >= 15 is 0 Å². The smallest absolute Gasteiger partial charge is 0.330 e. The number of anilines is 1. The summed E-state index contributed by atoms with van der Waals surface area (Å²) in [6.45, 7) is 4.41. The van der Waals surface area contributed by atoms with Gasteiger partial charge in [0.25, 0.3) is 11.8 Å². The van der Waals surface area contributed by atoms with Gasteiger partial charge in [0.1, 0.15) is 5.54 Å². The zero-order chi connectivity index (χ0) is 24.8. The van der Waals surface area contributed by atoms with Gasteiger partial charge in [0.05, 0.1) is 0 Å². The second-order valence-corrected chi connectivity index (χ2v) is 10.5. The first-order chi connectivity index (χ1) is 16.6. The number of fused-ring (bicyclic) bond motifs is 3. The lowest BCUT2D eigenvalue weighted by atomic mass is 9.74. The molecule has 3 aromatic rings. The van der Waals surface area contributed by atoms with Crippen molar-refractivity contribution in [3.8, 4) is 0 Å². The topological polar surface area (TPSA) is 95.5 Å². The Morgan fingerprint density at radius 1 is 0.771 bits per heavy atom. The third-order valence-electron chi connectivity index (χ3n) is 7.04. The molecule has 3 aromatic carbocycles. The van der Waals surface area contributed by atoms with Crippen LogP contribution < -0.4 is 10.6 Å². The predicted molar refractivity (Wildman–Crippen MR) is 134 cm³/mol. The van der Waals surface area contributed by atoms with E-state index in [1.807, 2.05) is 36.4 Å². The number of carboxylic acid groups (broad SMARTS) is 1. The van der Waals surface area contributed by atoms with Crippen molar-refractivity contribution in [2.75, 3.05) is 5.32 Å². The standard InChI is InChI=1S/C29H28N2O4/c1-28(2)14-18-7-12-24(22(13-18)15-28)26(33)30-23-10-8-19(9-11-23)25(32)31-29(27(34)35)16-20-5-3-4-6-21(20)17-29/h3-13H,14-17H2,1-2H3,(H,30,33)(H,31,32)(H,34,35). The molecule has 35 heavy (non-hydrogen) atoms. The molecule has 0 heterocycles. The van der Waals surface area contributed by atoms with Gasteiger partial charge in [-0.3, -0.25) is 9.59 Å². The van der Waals surface area contributed by atoms with E-state index in [0.29, 0.717) is 16.8 Å². The second-order valence-electron chi connectivity index (χ2n) is 10.5. The van der Waals surface area contributed by atoms with Crippen LogP contribution in [0.5, 0.6) is 0 Å². The molecule has 178 valence electrons. The molecule has 0 fully saturated rings. The molecule has 0 radical (unpaired) electrons. The summed E-state index contributed by atoms with van der Waals surface area (Å²) in [7, 11) is 0. The molecule has 6 heteroatoms. The van der Waals surface area contributed by atoms with E-state index < -0.39 is 17.4 Å². The maximum absolute atomic E-state index is 13.0. The number of carbonyl (C=O) groups excluding carboxylic acids is 2. The number of carbonyl (C=O) groups is 3. The van der Waals surface area contributed by atoms with E-state index in [4.69, 9.17) is 0 Å². The molecule has 0 saturated heterocycles. The highest BCUT2D eigenvalue weighted by Gasteiger charge is 2.45. The minimum Gasteiger partial charge on any atom is -0.479 e. The minimum absolute atomic E-state index is 0.124. The van der Waals surface area contributed by atoms with Crippen LogP contribution in [0, 0.1) is 5.41 Å². The number of hydrogen-bond donors (Lipinski definition) is 3. The molecule has 2 aliphatic rings. The van der Waals surface area contributed by atoms with Crippen molar-refractivity contribution < 1.29 is 19.5 Å². The van der Waals surface area contributed by atoms with Gasteiger partial charge in [-0.1, -0.05) is 50.2 Å². The summed E-state index contributed by atoms with van der Waals surface area (Å²) in [6, 6.07) is 20.0. The molecule has 0 atom stereocenters. The normalized spacial score (nSPS) is 16.7. The molecule has 3 N–H and O–H groups in total. The fourth-order valence-electron chi connectivity index (χ4n) is 5.36. The third-order valence-corrected chi connectivity index (χ3v) is 7.04. The van der Waals surface area contributed by atoms with Crippen LogP contribution in [0.1, 0.15) is 56.8 Å². The van der Waals surface area contributed by atoms with Gasteiger partial charge in [0.2, 0.25) is 0 Å². The lowest BCUT2D eigenvalue weighted by Gasteiger charge is -2.31. The van der Waals surface area contributed by atoms with E-state index in [-0.39, 0.29) is 24.2 Å². The fraction of sp³-hybridized carbons (Fsp3) is 0.276. The van der Waals surface area contributed by atoms with E-state index in [9.17, 15) is 19.5 Å². The van der Waals surface area contributed by atoms with Crippen molar-refractivity contribution in [3.63, 3.8) is 0 Å². The number of amides is 2. The molecule has 0 aromatic heterocycles. The summed E-state index contributed by atoms with van der Waals surface area (Å²) in [6.07, 6.45) is 2.34. The van der Waals surface area contributed by atoms with Crippen LogP contribution in [0.3, 0.4) is 0 Å². The maximum atomic E-state index is 13.0. The van der Waals surface area contributed by atoms with Crippen molar-refractivity contribution in [2.45, 2.75) is 45.1 Å². The second kappa shape index (κ2) is 8.38. The van der Waals surface area contributed by atoms with Crippen LogP contribution in [-0.2, 0) is 30.5 Å². The third kappa shape index (κ3) is 4.44. The van der Waals surface area contributed by atoms with Crippen molar-refractivity contribution >= 4 is 23.5 Å². The number of rotatable bonds is 5. The Hall–Kier alpha value is -3.93. The predicted octanol–water partition coefficient (Wildman–Crippen LogP) is 4.42. The molecule has 2 bridgehead atoms. The van der Waals surface area contributed by atoms with Crippen molar-refractivity contribution in [1.29, 1.82) is 0 Å². The number of carboxylic acids is 1. The first kappa shape index (κ1) is 22.8. The number of benzene rings is 3. The van der Waals surface area contributed by atoms with Gasteiger partial charge >= 0.3 is 5.97 Å². The van der Waals surface area contributed by atoms with Crippen LogP contribution >= 0.6 is 0 Å². The van der Waals surface area contributed by atoms with Crippen LogP contribution in [0.4, 0.5) is 5.69 Å². The quantitative estimate of drug-likeness (QED) is 0.517. The van der Waals surface area contributed by atoms with Gasteiger partial charge in [-0.05, 0) is 70.8 Å². The molecule has 2 amide bonds. The molecule has 0 unspecified atom stereocenters. The zero-order valence-electron chi connectivity index (χ0n) is 19.9. The highest BCUT2D eigenvalue weighted by atomic mass is 16.4. The van der Waals surface area contributed by atoms with E-state index in [1.54, 1.807) is 24.3 Å². The van der Waals surface area contributed by atoms with Gasteiger partial charge in [-0.25, -0.2) is 4.79 Å². The van der Waals surface area contributed by atoms with Crippen LogP contribution in [0.25, 0.3) is 0 Å². The molecule has 0 aliphatic heterocycles. The summed E-state index contributed by atoms with van der Waals surface area (Å²) in [5.74, 6) is -1.69. The highest BCUT2D eigenvalue weighted by molar-refractivity contribution is 6.06. The Kier molecular flexibility index (Phi) is 5.47. The minimum atomic E-state index is -1.37. The summed E-state index contributed by atoms with van der Waals surface area (Å²) in [5.41, 5.74) is 4.48. The number of nitrogens with one attached hydrogen (secondary N) is 2. The summed E-state index contributed by atoms with van der Waals surface area (Å²) >= 11 is 0. The van der Waals surface area contributed by atoms with Gasteiger partial charge in [-0.2, -0.15) is 0 Å². The average Bonchev–Trinajstić information content (AvgIpc) is 3.18. The molecule has 6 nitrogen and oxygen atoms in total. The molecule has 0 saturated carbocycles. The zero-order valence-corrected chi connectivity index (χ0v) is 19.9. The molecular formula is C29H28N2O4. The monoisotopic (exact) mass is 468 g/mol. The summed E-state index contributed by atoms with van der Waals surface area (Å²) < 4.78 is 0. The molecule has 0 spiro atoms. The Morgan fingerprint density at radius 2 is 1.43 bits per heavy atom. The van der Waals surface area contributed by atoms with Crippen LogP contribution in [-0.4, -0.2) is 28.4 Å². The molecular weight excluding hydrogens is 440 g/mol. The van der Waals surface area contributed by atoms with E-state index in [0.717, 1.165) is 29.5 Å². The Bertz CT molecular complexity index is 1320. The molecule has 5 rings (SSSR count). The van der Waals surface area contributed by atoms with Gasteiger partial charge in [0, 0.05) is 29.7 Å². The number of aliphatic carboxylic acids is 1. The average molecular weight is 469 g/mol. The fourth-order valence-corrected chi connectivity index (χ4v) is 5.36. The van der Waals surface area contributed by atoms with Gasteiger partial charge in [0.15, 0.2) is 0 Å². The first-order valence-electron chi connectivity index (χ1n) is 11.8. The van der Waals surface area contributed by atoms with Gasteiger partial charge in [-0.15, -0.1) is 0 Å². The highest BCUT2D eigenvalue weighted by Crippen LogP contribution is 2.34. The summed E-state index contributed by atoms with van der Waals surface area (Å²) in [5, 5.41) is 15.6. The number of hydrogen-bond acceptors (Lipinski definition) is 3. The first-order valence-corrected chi connectivity index (χ1v) is 11.8. The summed E-state index contributed by atoms with van der Waals surface area (Å²) in [4.78, 5) is 38.0. The largest absolute Gasteiger partial charge is 0.479 e. The SMILES string of the molecule is CC1(C)Cc2ccc(C(=O)Nc3ccc(C(=O)NC4(C(=O)O)Cc5ccccc5C4)cc3)c(c2)C1. The van der Waals surface area contributed by atoms with Crippen molar-refractivity contribution in [2.24, 2.45) is 5.41 Å². The van der Waals surface area contributed by atoms with Crippen molar-refractivity contribution in [3.05, 3.63) is 100 Å². The maximum Gasteiger partial charge on any atom is 0.330 e. The lowest BCUT2D eigenvalue weighted by Crippen LogP contribution is -2.55. The Morgan fingerprint density at radius 3 is 2.06 bits per heavy atom. The van der Waals surface area contributed by atoms with Crippen LogP contribution in [0.15, 0.2) is 66.7 Å². The van der Waals surface area contributed by atoms with Crippen molar-refractivity contribution in [1.82, 2.24) is 5.32 Å². The van der Waals surface area contributed by atoms with Crippen LogP contribution in [0.2, 0.25) is 0 Å². The van der Waals surface area contributed by atoms with E-state index in [1.165, 1.54) is 5.56 Å². The molecule has 2 aliphatic carbocycles. The van der Waals surface area contributed by atoms with E-state index in [2.05, 4.69) is 30.5 Å².